The van der Waals surface area contributed by atoms with E-state index >= 15 is 0 Å². The lowest BCUT2D eigenvalue weighted by Gasteiger charge is -2.23. The van der Waals surface area contributed by atoms with Crippen LogP contribution in [0.5, 0.6) is 0 Å². The van der Waals surface area contributed by atoms with Crippen molar-refractivity contribution in [1.29, 1.82) is 0 Å². The van der Waals surface area contributed by atoms with Crippen molar-refractivity contribution in [3.8, 4) is 0 Å². The minimum Gasteiger partial charge on any atom is -0.281 e. The Morgan fingerprint density at radius 3 is 2.30 bits per heavy atom. The van der Waals surface area contributed by atoms with Crippen molar-refractivity contribution in [2.75, 3.05) is 5.01 Å². The summed E-state index contributed by atoms with van der Waals surface area (Å²) in [4.78, 5) is 20.8. The molecule has 0 fully saturated rings. The molecular weight excluding hydrogens is 258 g/mol. The third kappa shape index (κ3) is 3.32. The van der Waals surface area contributed by atoms with Crippen LogP contribution in [-0.2, 0) is 11.3 Å². The number of hydrogen-bond donors (Lipinski definition) is 1. The lowest BCUT2D eigenvalue weighted by Crippen LogP contribution is -2.36. The van der Waals surface area contributed by atoms with Crippen molar-refractivity contribution in [3.63, 3.8) is 0 Å². The number of anilines is 1. The maximum atomic E-state index is 10.7. The van der Waals surface area contributed by atoms with Gasteiger partial charge in [0, 0.05) is 12.1 Å². The van der Waals surface area contributed by atoms with Gasteiger partial charge in [0.15, 0.2) is 0 Å². The van der Waals surface area contributed by atoms with E-state index in [2.05, 4.69) is 5.43 Å². The van der Waals surface area contributed by atoms with Crippen molar-refractivity contribution in [3.05, 3.63) is 70.3 Å². The molecule has 0 radical (unpaired) electrons. The number of rotatable bonds is 6. The molecule has 0 unspecified atom stereocenters. The Bertz CT molecular complexity index is 584. The van der Waals surface area contributed by atoms with Gasteiger partial charge in [0.25, 0.3) is 5.69 Å². The number of carbonyl (C=O) groups excluding carboxylic acids is 1. The van der Waals surface area contributed by atoms with Gasteiger partial charge in [-0.1, -0.05) is 30.3 Å². The van der Waals surface area contributed by atoms with Crippen LogP contribution in [0.3, 0.4) is 0 Å². The quantitative estimate of drug-likeness (QED) is 0.496. The second kappa shape index (κ2) is 6.33. The molecule has 0 aliphatic carbocycles. The van der Waals surface area contributed by atoms with Crippen molar-refractivity contribution in [2.24, 2.45) is 0 Å². The second-order valence-corrected chi connectivity index (χ2v) is 4.09. The summed E-state index contributed by atoms with van der Waals surface area (Å²) in [6.45, 7) is 0.417. The molecule has 0 aromatic heterocycles. The number of hydrogen-bond acceptors (Lipinski definition) is 4. The summed E-state index contributed by atoms with van der Waals surface area (Å²) in [6, 6.07) is 15.6. The fraction of sp³-hybridized carbons (Fsp3) is 0.0714. The standard InChI is InChI=1S/C14H13N3O3/c18-11-15-16(13-4-2-1-3-5-13)10-12-6-8-14(9-7-12)17(19)20/h1-9,11H,10H2,(H,15,18). The molecule has 6 nitrogen and oxygen atoms in total. The first-order chi connectivity index (χ1) is 9.70. The maximum absolute atomic E-state index is 10.7. The molecule has 2 rings (SSSR count). The van der Waals surface area contributed by atoms with Gasteiger partial charge in [0.2, 0.25) is 6.41 Å². The number of para-hydroxylation sites is 1. The predicted molar refractivity (Wildman–Crippen MR) is 74.9 cm³/mol. The minimum absolute atomic E-state index is 0.0448. The lowest BCUT2D eigenvalue weighted by atomic mass is 10.2. The van der Waals surface area contributed by atoms with Crippen molar-refractivity contribution in [1.82, 2.24) is 5.43 Å². The Balaban J connectivity index is 2.16. The average molecular weight is 271 g/mol. The second-order valence-electron chi connectivity index (χ2n) is 4.09. The van der Waals surface area contributed by atoms with Crippen LogP contribution in [0.15, 0.2) is 54.6 Å². The van der Waals surface area contributed by atoms with Gasteiger partial charge in [-0.25, -0.2) is 0 Å². The molecule has 6 heteroatoms. The fourth-order valence-corrected chi connectivity index (χ4v) is 1.79. The van der Waals surface area contributed by atoms with Crippen molar-refractivity contribution in [2.45, 2.75) is 6.54 Å². The van der Waals surface area contributed by atoms with Crippen molar-refractivity contribution < 1.29 is 9.72 Å². The summed E-state index contributed by atoms with van der Waals surface area (Å²) in [5.74, 6) is 0. The number of nitrogens with zero attached hydrogens (tertiary/aromatic N) is 2. The molecule has 0 bridgehead atoms. The average Bonchev–Trinajstić information content (AvgIpc) is 2.48. The third-order valence-electron chi connectivity index (χ3n) is 2.76. The molecule has 0 aliphatic heterocycles. The molecule has 0 atom stereocenters. The summed E-state index contributed by atoms with van der Waals surface area (Å²) in [6.07, 6.45) is 0.596. The predicted octanol–water partition coefficient (Wildman–Crippen LogP) is 2.26. The highest BCUT2D eigenvalue weighted by Crippen LogP contribution is 2.17. The van der Waals surface area contributed by atoms with Crippen LogP contribution in [0.1, 0.15) is 5.56 Å². The fourth-order valence-electron chi connectivity index (χ4n) is 1.79. The Kier molecular flexibility index (Phi) is 4.28. The van der Waals surface area contributed by atoms with Gasteiger partial charge >= 0.3 is 0 Å². The lowest BCUT2D eigenvalue weighted by molar-refractivity contribution is -0.384. The van der Waals surface area contributed by atoms with Crippen molar-refractivity contribution >= 4 is 17.8 Å². The molecule has 0 heterocycles. The normalized spacial score (nSPS) is 9.80. The number of benzene rings is 2. The maximum Gasteiger partial charge on any atom is 0.269 e. The van der Waals surface area contributed by atoms with Crippen LogP contribution < -0.4 is 10.4 Å². The molecule has 1 N–H and O–H groups in total. The van der Waals surface area contributed by atoms with E-state index in [9.17, 15) is 14.9 Å². The van der Waals surface area contributed by atoms with Gasteiger partial charge in [-0.3, -0.25) is 25.3 Å². The van der Waals surface area contributed by atoms with E-state index in [4.69, 9.17) is 0 Å². The first-order valence-corrected chi connectivity index (χ1v) is 5.96. The van der Waals surface area contributed by atoms with Gasteiger partial charge < -0.3 is 0 Å². The van der Waals surface area contributed by atoms with Gasteiger partial charge in [0.05, 0.1) is 17.2 Å². The zero-order chi connectivity index (χ0) is 14.4. The molecule has 0 spiro atoms. The summed E-state index contributed by atoms with van der Waals surface area (Å²) >= 11 is 0. The van der Waals surface area contributed by atoms with Crippen LogP contribution in [0.25, 0.3) is 0 Å². The smallest absolute Gasteiger partial charge is 0.269 e. The Labute approximate surface area is 115 Å². The zero-order valence-electron chi connectivity index (χ0n) is 10.6. The molecule has 0 saturated carbocycles. The van der Waals surface area contributed by atoms with E-state index in [0.717, 1.165) is 11.3 Å². The summed E-state index contributed by atoms with van der Waals surface area (Å²) in [5.41, 5.74) is 4.34. The molecule has 2 aromatic rings. The minimum atomic E-state index is -0.442. The van der Waals surface area contributed by atoms with E-state index in [0.29, 0.717) is 13.0 Å². The highest BCUT2D eigenvalue weighted by atomic mass is 16.6. The molecule has 0 saturated heterocycles. The van der Waals surface area contributed by atoms with Crippen LogP contribution in [0.4, 0.5) is 11.4 Å². The molecule has 20 heavy (non-hydrogen) atoms. The zero-order valence-corrected chi connectivity index (χ0v) is 10.6. The largest absolute Gasteiger partial charge is 0.281 e. The van der Waals surface area contributed by atoms with Crippen LogP contribution >= 0.6 is 0 Å². The number of nitro groups is 1. The number of hydrazine groups is 1. The molecular formula is C14H13N3O3. The van der Waals surface area contributed by atoms with E-state index in [1.807, 2.05) is 30.3 Å². The Morgan fingerprint density at radius 1 is 1.10 bits per heavy atom. The van der Waals surface area contributed by atoms with Gasteiger partial charge in [-0.15, -0.1) is 0 Å². The number of nitrogens with one attached hydrogen (secondary N) is 1. The van der Waals surface area contributed by atoms with E-state index in [-0.39, 0.29) is 5.69 Å². The van der Waals surface area contributed by atoms with E-state index in [1.165, 1.54) is 12.1 Å². The first kappa shape index (κ1) is 13.5. The highest BCUT2D eigenvalue weighted by molar-refractivity contribution is 5.55. The van der Waals surface area contributed by atoms with Crippen LogP contribution in [0.2, 0.25) is 0 Å². The Morgan fingerprint density at radius 2 is 1.75 bits per heavy atom. The SMILES string of the molecule is O=CNN(Cc1ccc([N+](=O)[O-])cc1)c1ccccc1. The third-order valence-corrected chi connectivity index (χ3v) is 2.76. The van der Waals surface area contributed by atoms with Gasteiger partial charge in [0.1, 0.15) is 0 Å². The van der Waals surface area contributed by atoms with E-state index in [1.54, 1.807) is 17.1 Å². The van der Waals surface area contributed by atoms with Crippen LogP contribution in [0, 0.1) is 10.1 Å². The molecule has 2 aromatic carbocycles. The van der Waals surface area contributed by atoms with Crippen LogP contribution in [-0.4, -0.2) is 11.3 Å². The molecule has 1 amide bonds. The van der Waals surface area contributed by atoms with Gasteiger partial charge in [-0.05, 0) is 17.7 Å². The summed E-state index contributed by atoms with van der Waals surface area (Å²) in [5, 5.41) is 12.3. The monoisotopic (exact) mass is 271 g/mol. The van der Waals surface area contributed by atoms with Gasteiger partial charge in [-0.2, -0.15) is 0 Å². The Hall–Kier alpha value is -2.89. The number of amides is 1. The molecule has 102 valence electrons. The first-order valence-electron chi connectivity index (χ1n) is 5.96. The number of nitro benzene ring substituents is 1. The molecule has 0 aliphatic rings. The number of non-ortho nitro benzene ring substituents is 1. The summed E-state index contributed by atoms with van der Waals surface area (Å²) < 4.78 is 0. The van der Waals surface area contributed by atoms with E-state index < -0.39 is 4.92 Å². The summed E-state index contributed by atoms with van der Waals surface area (Å²) in [7, 11) is 0. The number of carbonyl (C=O) groups is 1. The highest BCUT2D eigenvalue weighted by Gasteiger charge is 2.08. The topological polar surface area (TPSA) is 75.5 Å².